The summed E-state index contributed by atoms with van der Waals surface area (Å²) in [5.41, 5.74) is 2.18. The molecule has 3 rings (SSSR count). The van der Waals surface area contributed by atoms with Crippen LogP contribution in [0.25, 0.3) is 10.8 Å². The van der Waals surface area contributed by atoms with Crippen molar-refractivity contribution < 1.29 is 14.3 Å². The molecular formula is C23H22O3. The molecule has 26 heavy (non-hydrogen) atoms. The lowest BCUT2D eigenvalue weighted by Gasteiger charge is -2.18. The van der Waals surface area contributed by atoms with Gasteiger partial charge in [-0.25, -0.2) is 4.79 Å². The van der Waals surface area contributed by atoms with Gasteiger partial charge in [-0.3, -0.25) is 4.79 Å². The minimum Gasteiger partial charge on any atom is -0.454 e. The normalized spacial score (nSPS) is 11.3. The molecule has 132 valence electrons. The predicted octanol–water partition coefficient (Wildman–Crippen LogP) is 5.18. The van der Waals surface area contributed by atoms with Crippen molar-refractivity contribution >= 4 is 22.5 Å². The SMILES string of the molecule is CC(C)(C)c1ccc(C(=O)COC(=O)c2ccc3ccccc3c2)cc1. The Morgan fingerprint density at radius 2 is 1.42 bits per heavy atom. The standard InChI is InChI=1S/C23H22O3/c1-23(2,3)20-12-10-17(11-13-20)21(24)15-26-22(25)19-9-8-16-6-4-5-7-18(16)14-19/h4-14H,15H2,1-3H3. The van der Waals surface area contributed by atoms with E-state index in [2.05, 4.69) is 20.8 Å². The van der Waals surface area contributed by atoms with E-state index in [-0.39, 0.29) is 17.8 Å². The molecule has 0 N–H and O–H groups in total. The Balaban J connectivity index is 1.65. The molecule has 0 aliphatic rings. The summed E-state index contributed by atoms with van der Waals surface area (Å²) in [4.78, 5) is 24.5. The van der Waals surface area contributed by atoms with E-state index in [9.17, 15) is 9.59 Å². The van der Waals surface area contributed by atoms with Crippen LogP contribution in [0.4, 0.5) is 0 Å². The van der Waals surface area contributed by atoms with Gasteiger partial charge >= 0.3 is 5.97 Å². The number of hydrogen-bond donors (Lipinski definition) is 0. The monoisotopic (exact) mass is 346 g/mol. The first kappa shape index (κ1) is 17.9. The highest BCUT2D eigenvalue weighted by Gasteiger charge is 2.15. The van der Waals surface area contributed by atoms with Crippen molar-refractivity contribution in [3.05, 3.63) is 83.4 Å². The van der Waals surface area contributed by atoms with Gasteiger partial charge in [0.05, 0.1) is 5.56 Å². The number of esters is 1. The van der Waals surface area contributed by atoms with Crippen LogP contribution in [0, 0.1) is 0 Å². The van der Waals surface area contributed by atoms with E-state index in [0.29, 0.717) is 11.1 Å². The summed E-state index contributed by atoms with van der Waals surface area (Å²) >= 11 is 0. The minimum atomic E-state index is -0.490. The molecule has 3 nitrogen and oxygen atoms in total. The van der Waals surface area contributed by atoms with Gasteiger partial charge in [0.1, 0.15) is 0 Å². The number of rotatable bonds is 4. The molecule has 0 heterocycles. The molecule has 0 radical (unpaired) electrons. The Hall–Kier alpha value is -2.94. The maximum absolute atomic E-state index is 12.3. The summed E-state index contributed by atoms with van der Waals surface area (Å²) in [6.07, 6.45) is 0. The van der Waals surface area contributed by atoms with Crippen LogP contribution in [0.2, 0.25) is 0 Å². The molecule has 3 aromatic carbocycles. The molecule has 0 atom stereocenters. The Morgan fingerprint density at radius 1 is 0.808 bits per heavy atom. The summed E-state index contributed by atoms with van der Waals surface area (Å²) in [5, 5.41) is 2.02. The molecule has 3 heteroatoms. The molecule has 0 aliphatic heterocycles. The first-order valence-corrected chi connectivity index (χ1v) is 8.64. The van der Waals surface area contributed by atoms with Gasteiger partial charge in [-0.05, 0) is 33.9 Å². The summed E-state index contributed by atoms with van der Waals surface area (Å²) in [5.74, 6) is -0.699. The zero-order valence-corrected chi connectivity index (χ0v) is 15.3. The third kappa shape index (κ3) is 3.99. The average Bonchev–Trinajstić information content (AvgIpc) is 2.64. The molecule has 0 saturated heterocycles. The van der Waals surface area contributed by atoms with Crippen molar-refractivity contribution in [3.8, 4) is 0 Å². The van der Waals surface area contributed by atoms with E-state index in [0.717, 1.165) is 16.3 Å². The first-order valence-electron chi connectivity index (χ1n) is 8.64. The van der Waals surface area contributed by atoms with Crippen LogP contribution in [0.1, 0.15) is 47.1 Å². The fourth-order valence-corrected chi connectivity index (χ4v) is 2.77. The third-order valence-corrected chi connectivity index (χ3v) is 4.39. The molecule has 3 aromatic rings. The Morgan fingerprint density at radius 3 is 2.08 bits per heavy atom. The topological polar surface area (TPSA) is 43.4 Å². The van der Waals surface area contributed by atoms with E-state index < -0.39 is 5.97 Å². The van der Waals surface area contributed by atoms with E-state index in [4.69, 9.17) is 4.74 Å². The third-order valence-electron chi connectivity index (χ3n) is 4.39. The smallest absolute Gasteiger partial charge is 0.338 e. The quantitative estimate of drug-likeness (QED) is 0.483. The summed E-state index contributed by atoms with van der Waals surface area (Å²) in [6, 6.07) is 20.6. The lowest BCUT2D eigenvalue weighted by molar-refractivity contribution is 0.0475. The number of ether oxygens (including phenoxy) is 1. The number of Topliss-reactive ketones (excluding diaryl/α,β-unsaturated/α-hetero) is 1. The number of ketones is 1. The number of carbonyl (C=O) groups is 2. The van der Waals surface area contributed by atoms with E-state index in [1.165, 1.54) is 0 Å². The maximum atomic E-state index is 12.3. The minimum absolute atomic E-state index is 0.0319. The molecule has 0 amide bonds. The molecule has 0 bridgehead atoms. The van der Waals surface area contributed by atoms with Crippen LogP contribution in [-0.2, 0) is 10.2 Å². The first-order chi connectivity index (χ1) is 12.3. The molecular weight excluding hydrogens is 324 g/mol. The van der Waals surface area contributed by atoms with Crippen molar-refractivity contribution in [2.75, 3.05) is 6.61 Å². The fraction of sp³-hybridized carbons (Fsp3) is 0.217. The molecule has 0 aliphatic carbocycles. The second-order valence-electron chi connectivity index (χ2n) is 7.39. The van der Waals surface area contributed by atoms with Crippen LogP contribution < -0.4 is 0 Å². The van der Waals surface area contributed by atoms with Crippen molar-refractivity contribution in [2.24, 2.45) is 0 Å². The Kier molecular flexibility index (Phi) is 4.90. The lowest BCUT2D eigenvalue weighted by Crippen LogP contribution is -2.15. The molecule has 0 aromatic heterocycles. The summed E-state index contributed by atoms with van der Waals surface area (Å²) in [7, 11) is 0. The van der Waals surface area contributed by atoms with Gasteiger partial charge in [0.15, 0.2) is 12.4 Å². The number of hydrogen-bond acceptors (Lipinski definition) is 3. The van der Waals surface area contributed by atoms with Crippen LogP contribution in [0.3, 0.4) is 0 Å². The predicted molar refractivity (Wildman–Crippen MR) is 104 cm³/mol. The van der Waals surface area contributed by atoms with E-state index in [1.807, 2.05) is 42.5 Å². The molecule has 0 saturated carbocycles. The van der Waals surface area contributed by atoms with Crippen molar-refractivity contribution in [1.82, 2.24) is 0 Å². The molecule has 0 unspecified atom stereocenters. The van der Waals surface area contributed by atoms with Crippen LogP contribution in [-0.4, -0.2) is 18.4 Å². The largest absolute Gasteiger partial charge is 0.454 e. The van der Waals surface area contributed by atoms with E-state index in [1.54, 1.807) is 24.3 Å². The number of carbonyl (C=O) groups excluding carboxylic acids is 2. The van der Waals surface area contributed by atoms with Gasteiger partial charge in [0.2, 0.25) is 0 Å². The highest BCUT2D eigenvalue weighted by molar-refractivity contribution is 6.00. The van der Waals surface area contributed by atoms with Gasteiger partial charge in [0, 0.05) is 5.56 Å². The van der Waals surface area contributed by atoms with Crippen molar-refractivity contribution in [3.63, 3.8) is 0 Å². The van der Waals surface area contributed by atoms with Gasteiger partial charge in [-0.1, -0.05) is 75.4 Å². The second kappa shape index (κ2) is 7.12. The van der Waals surface area contributed by atoms with Crippen LogP contribution in [0.5, 0.6) is 0 Å². The Bertz CT molecular complexity index is 947. The van der Waals surface area contributed by atoms with Crippen LogP contribution >= 0.6 is 0 Å². The Labute approximate surface area is 153 Å². The molecule has 0 fully saturated rings. The van der Waals surface area contributed by atoms with Crippen molar-refractivity contribution in [1.29, 1.82) is 0 Å². The number of benzene rings is 3. The van der Waals surface area contributed by atoms with Crippen LogP contribution in [0.15, 0.2) is 66.7 Å². The van der Waals surface area contributed by atoms with Crippen molar-refractivity contribution in [2.45, 2.75) is 26.2 Å². The summed E-state index contributed by atoms with van der Waals surface area (Å²) in [6.45, 7) is 6.10. The molecule has 0 spiro atoms. The second-order valence-corrected chi connectivity index (χ2v) is 7.39. The summed E-state index contributed by atoms with van der Waals surface area (Å²) < 4.78 is 5.20. The van der Waals surface area contributed by atoms with Gasteiger partial charge in [-0.2, -0.15) is 0 Å². The average molecular weight is 346 g/mol. The zero-order valence-electron chi connectivity index (χ0n) is 15.3. The highest BCUT2D eigenvalue weighted by atomic mass is 16.5. The zero-order chi connectivity index (χ0) is 18.7. The number of fused-ring (bicyclic) bond motifs is 1. The van der Waals surface area contributed by atoms with Gasteiger partial charge in [-0.15, -0.1) is 0 Å². The fourth-order valence-electron chi connectivity index (χ4n) is 2.77. The van der Waals surface area contributed by atoms with E-state index >= 15 is 0 Å². The van der Waals surface area contributed by atoms with Gasteiger partial charge in [0.25, 0.3) is 0 Å². The highest BCUT2D eigenvalue weighted by Crippen LogP contribution is 2.22. The van der Waals surface area contributed by atoms with Gasteiger partial charge < -0.3 is 4.74 Å². The maximum Gasteiger partial charge on any atom is 0.338 e. The lowest BCUT2D eigenvalue weighted by atomic mass is 9.86.